The molecule has 4 heteroatoms. The average Bonchev–Trinajstić information content (AvgIpc) is 2.28. The van der Waals surface area contributed by atoms with Crippen LogP contribution in [-0.2, 0) is 42.2 Å². The quantitative estimate of drug-likeness (QED) is 0.427. The molecule has 1 aliphatic heterocycles. The van der Waals surface area contributed by atoms with Crippen molar-refractivity contribution in [3.05, 3.63) is 6.92 Å². The van der Waals surface area contributed by atoms with Gasteiger partial charge in [-0.2, -0.15) is 5.92 Å². The van der Waals surface area contributed by atoms with Gasteiger partial charge in [0, 0.05) is 32.7 Å². The van der Waals surface area contributed by atoms with Gasteiger partial charge in [-0.25, -0.2) is 0 Å². The van der Waals surface area contributed by atoms with Crippen LogP contribution in [0.2, 0.25) is 0 Å². The van der Waals surface area contributed by atoms with E-state index in [0.29, 0.717) is 0 Å². The van der Waals surface area contributed by atoms with Crippen molar-refractivity contribution in [1.29, 1.82) is 0 Å². The molecule has 3 nitrogen and oxygen atoms in total. The average molecular weight is 443 g/mol. The number of hydrogen-bond donors (Lipinski definition) is 1. The molecule has 0 aromatic rings. The summed E-state index contributed by atoms with van der Waals surface area (Å²) in [5, 5.41) is 9.64. The predicted octanol–water partition coefficient (Wildman–Crippen LogP) is 7.12. The summed E-state index contributed by atoms with van der Waals surface area (Å²) in [7, 11) is 0. The first-order chi connectivity index (χ1) is 8.55. The summed E-state index contributed by atoms with van der Waals surface area (Å²) in [6.07, 6.45) is 5.69. The van der Waals surface area contributed by atoms with Crippen LogP contribution in [0.4, 0.5) is 0 Å². The van der Waals surface area contributed by atoms with Gasteiger partial charge in [-0.15, -0.1) is 0 Å². The standard InChI is InChI=1S/C15H29O3.6CH4.Y/c1-5-7-15-17-12(4)10-14(18-15)9-11(3)8-13(16)6-2;;;;;;;/h11-16H,3,5-10H2,1-2,4H3;6*1H4;/q-1;;;;;;;. The van der Waals surface area contributed by atoms with E-state index in [4.69, 9.17) is 9.47 Å². The van der Waals surface area contributed by atoms with Crippen molar-refractivity contribution in [2.45, 2.75) is 128 Å². The summed E-state index contributed by atoms with van der Waals surface area (Å²) in [4.78, 5) is 0. The number of aliphatic hydroxyl groups excluding tert-OH is 1. The van der Waals surface area contributed by atoms with Crippen LogP contribution < -0.4 is 0 Å². The van der Waals surface area contributed by atoms with E-state index in [1.54, 1.807) is 0 Å². The SMILES string of the molecule is C.C.C.C.C.C.[CH2-]C(CC(O)CC)CC1CC(C)OC(CCC)O1.[Y]. The van der Waals surface area contributed by atoms with E-state index in [1.807, 2.05) is 6.92 Å². The fourth-order valence-electron chi connectivity index (χ4n) is 2.53. The third-order valence-electron chi connectivity index (χ3n) is 3.52. The maximum absolute atomic E-state index is 9.64. The van der Waals surface area contributed by atoms with Crippen LogP contribution in [0.15, 0.2) is 0 Å². The van der Waals surface area contributed by atoms with Crippen LogP contribution >= 0.6 is 0 Å². The third kappa shape index (κ3) is 19.5. The molecule has 0 amide bonds. The Morgan fingerprint density at radius 3 is 2.00 bits per heavy atom. The molecule has 0 bridgehead atoms. The minimum absolute atomic E-state index is 0. The maximum Gasteiger partial charge on any atom is 0.158 e. The van der Waals surface area contributed by atoms with Gasteiger partial charge in [0.1, 0.15) is 0 Å². The molecule has 1 radical (unpaired) electrons. The van der Waals surface area contributed by atoms with Crippen LogP contribution in [-0.4, -0.2) is 29.7 Å². The second-order valence-corrected chi connectivity index (χ2v) is 5.56. The molecule has 0 aromatic heterocycles. The van der Waals surface area contributed by atoms with Gasteiger partial charge in [0.2, 0.25) is 0 Å². The third-order valence-corrected chi connectivity index (χ3v) is 3.52. The van der Waals surface area contributed by atoms with Crippen molar-refractivity contribution in [2.75, 3.05) is 0 Å². The van der Waals surface area contributed by atoms with Crippen LogP contribution in [0.5, 0.6) is 0 Å². The number of ether oxygens (including phenoxy) is 2. The molecule has 159 valence electrons. The van der Waals surface area contributed by atoms with Gasteiger partial charge in [0.15, 0.2) is 6.29 Å². The largest absolute Gasteiger partial charge is 0.393 e. The van der Waals surface area contributed by atoms with Crippen molar-refractivity contribution in [3.8, 4) is 0 Å². The van der Waals surface area contributed by atoms with Gasteiger partial charge >= 0.3 is 0 Å². The summed E-state index contributed by atoms with van der Waals surface area (Å²) in [6.45, 7) is 10.4. The number of aliphatic hydroxyl groups is 1. The number of rotatable bonds is 7. The summed E-state index contributed by atoms with van der Waals surface area (Å²) in [6, 6.07) is 0. The zero-order valence-corrected chi connectivity index (χ0v) is 15.5. The minimum Gasteiger partial charge on any atom is -0.393 e. The van der Waals surface area contributed by atoms with Crippen LogP contribution in [0.25, 0.3) is 0 Å². The van der Waals surface area contributed by atoms with E-state index >= 15 is 0 Å². The van der Waals surface area contributed by atoms with Crippen molar-refractivity contribution >= 4 is 0 Å². The van der Waals surface area contributed by atoms with Gasteiger partial charge in [-0.1, -0.05) is 77.7 Å². The Morgan fingerprint density at radius 2 is 1.56 bits per heavy atom. The zero-order chi connectivity index (χ0) is 13.5. The van der Waals surface area contributed by atoms with Gasteiger partial charge in [0.25, 0.3) is 0 Å². The Morgan fingerprint density at radius 1 is 1.04 bits per heavy atom. The summed E-state index contributed by atoms with van der Waals surface area (Å²) in [5.41, 5.74) is 0. The second-order valence-electron chi connectivity index (χ2n) is 5.56. The Labute approximate surface area is 187 Å². The summed E-state index contributed by atoms with van der Waals surface area (Å²) >= 11 is 0. The van der Waals surface area contributed by atoms with E-state index in [0.717, 1.165) is 38.5 Å². The molecule has 25 heavy (non-hydrogen) atoms. The van der Waals surface area contributed by atoms with Crippen LogP contribution in [0, 0.1) is 12.8 Å². The zero-order valence-electron chi connectivity index (χ0n) is 12.7. The molecule has 5 unspecified atom stereocenters. The Bertz CT molecular complexity index is 227. The molecule has 1 aliphatic rings. The van der Waals surface area contributed by atoms with Gasteiger partial charge in [-0.05, 0) is 26.2 Å². The molecule has 5 atom stereocenters. The van der Waals surface area contributed by atoms with E-state index in [-0.39, 0.29) is 108 Å². The number of hydrogen-bond acceptors (Lipinski definition) is 3. The molecule has 1 heterocycles. The van der Waals surface area contributed by atoms with Gasteiger partial charge in [0.05, 0.1) is 18.3 Å². The van der Waals surface area contributed by atoms with Crippen LogP contribution in [0.1, 0.15) is 104 Å². The van der Waals surface area contributed by atoms with E-state index in [9.17, 15) is 5.11 Å². The molecule has 0 aromatic carbocycles. The Hall–Kier alpha value is 0.984. The smallest absolute Gasteiger partial charge is 0.158 e. The van der Waals surface area contributed by atoms with E-state index in [2.05, 4.69) is 20.8 Å². The Balaban J connectivity index is -0.0000000926. The Kier molecular flexibility index (Phi) is 45.0. The normalized spacial score (nSPS) is 23.2. The fourth-order valence-corrected chi connectivity index (χ4v) is 2.53. The van der Waals surface area contributed by atoms with Gasteiger partial charge < -0.3 is 21.5 Å². The molecular formula is C21H53O3Y-. The van der Waals surface area contributed by atoms with Crippen molar-refractivity contribution in [1.82, 2.24) is 0 Å². The molecule has 0 spiro atoms. The minimum atomic E-state index is -0.226. The van der Waals surface area contributed by atoms with Crippen molar-refractivity contribution in [3.63, 3.8) is 0 Å². The summed E-state index contributed by atoms with van der Waals surface area (Å²) < 4.78 is 11.7. The molecule has 1 N–H and O–H groups in total. The first kappa shape index (κ1) is 45.0. The van der Waals surface area contributed by atoms with E-state index < -0.39 is 0 Å². The molecule has 0 saturated carbocycles. The molecule has 1 rings (SSSR count). The van der Waals surface area contributed by atoms with Gasteiger partial charge in [-0.3, -0.25) is 0 Å². The second kappa shape index (κ2) is 25.0. The monoisotopic (exact) mass is 442 g/mol. The molecule has 0 aliphatic carbocycles. The topological polar surface area (TPSA) is 38.7 Å². The first-order valence-electron chi connectivity index (χ1n) is 7.37. The van der Waals surface area contributed by atoms with Crippen molar-refractivity contribution < 1.29 is 47.3 Å². The molecule has 1 fully saturated rings. The molecule has 1 saturated heterocycles. The van der Waals surface area contributed by atoms with Crippen molar-refractivity contribution in [2.24, 2.45) is 5.92 Å². The maximum atomic E-state index is 9.64. The predicted molar refractivity (Wildman–Crippen MR) is 113 cm³/mol. The summed E-state index contributed by atoms with van der Waals surface area (Å²) in [5.74, 6) is 0.262. The molecular weight excluding hydrogens is 389 g/mol. The van der Waals surface area contributed by atoms with Crippen LogP contribution in [0.3, 0.4) is 0 Å². The fraction of sp³-hybridized carbons (Fsp3) is 0.952. The first-order valence-corrected chi connectivity index (χ1v) is 7.37. The van der Waals surface area contributed by atoms with E-state index in [1.165, 1.54) is 0 Å².